The first kappa shape index (κ1) is 22.5. The number of nitrogens with zero attached hydrogens (tertiary/aromatic N) is 4. The van der Waals surface area contributed by atoms with E-state index >= 15 is 0 Å². The number of benzene rings is 1. The number of hydrogen-bond donors (Lipinski definition) is 2. The van der Waals surface area contributed by atoms with Crippen molar-refractivity contribution >= 4 is 22.8 Å². The monoisotopic (exact) mass is 476 g/mol. The molecule has 9 nitrogen and oxygen atoms in total. The summed E-state index contributed by atoms with van der Waals surface area (Å²) in [7, 11) is 2.14. The van der Waals surface area contributed by atoms with Gasteiger partial charge in [-0.2, -0.15) is 0 Å². The molecule has 1 aromatic carbocycles. The summed E-state index contributed by atoms with van der Waals surface area (Å²) in [6, 6.07) is 10.8. The minimum atomic E-state index is -0.376. The number of carbonyl (C=O) groups is 1. The molecule has 6 rings (SSSR count). The predicted octanol–water partition coefficient (Wildman–Crippen LogP) is 2.63. The number of rotatable bonds is 8. The Bertz CT molecular complexity index is 1180. The summed E-state index contributed by atoms with van der Waals surface area (Å²) >= 11 is 0. The van der Waals surface area contributed by atoms with Gasteiger partial charge >= 0.3 is 0 Å². The van der Waals surface area contributed by atoms with Crippen LogP contribution in [0.5, 0.6) is 0 Å². The van der Waals surface area contributed by atoms with Gasteiger partial charge in [-0.05, 0) is 54.7 Å². The molecule has 0 spiro atoms. The lowest BCUT2D eigenvalue weighted by atomic mass is 10.2. The third-order valence-electron chi connectivity index (χ3n) is 7.71. The molecule has 3 fully saturated rings. The van der Waals surface area contributed by atoms with E-state index in [2.05, 4.69) is 67.6 Å². The highest BCUT2D eigenvalue weighted by Crippen LogP contribution is 2.51. The zero-order valence-corrected chi connectivity index (χ0v) is 20.0. The highest BCUT2D eigenvalue weighted by atomic mass is 16.8. The molecule has 0 bridgehead atoms. The van der Waals surface area contributed by atoms with Crippen molar-refractivity contribution in [1.82, 2.24) is 25.3 Å². The molecule has 9 heteroatoms. The number of hydrogen-bond acceptors (Lipinski definition) is 7. The minimum Gasteiger partial charge on any atom is -0.350 e. The molecule has 1 aliphatic carbocycles. The summed E-state index contributed by atoms with van der Waals surface area (Å²) in [4.78, 5) is 28.8. The Labute approximate surface area is 204 Å². The van der Waals surface area contributed by atoms with Crippen LogP contribution in [0.1, 0.15) is 35.3 Å². The lowest BCUT2D eigenvalue weighted by molar-refractivity contribution is -0.186. The van der Waals surface area contributed by atoms with Crippen LogP contribution in [0, 0.1) is 17.8 Å². The average molecular weight is 477 g/mol. The highest BCUT2D eigenvalue weighted by molar-refractivity contribution is 5.92. The Hall–Kier alpha value is -3.01. The number of nitrogens with one attached hydrogen (secondary N) is 2. The van der Waals surface area contributed by atoms with Gasteiger partial charge in [-0.1, -0.05) is 18.2 Å². The molecule has 2 saturated heterocycles. The minimum absolute atomic E-state index is 0.354. The maximum absolute atomic E-state index is 12.3. The van der Waals surface area contributed by atoms with Crippen LogP contribution in [0.4, 0.5) is 5.95 Å². The van der Waals surface area contributed by atoms with E-state index in [1.807, 2.05) is 0 Å². The molecular formula is C26H32N6O3. The SMILES string of the molecule is Cn1c(CNCC2C3CN(c4ncc(C(=O)NOC5CCCCO5)cn4)CC23)cc2ccccc21. The second-order valence-electron chi connectivity index (χ2n) is 9.90. The van der Waals surface area contributed by atoms with Gasteiger partial charge in [-0.3, -0.25) is 4.79 Å². The van der Waals surface area contributed by atoms with E-state index in [0.717, 1.165) is 45.4 Å². The lowest BCUT2D eigenvalue weighted by Gasteiger charge is -2.22. The number of amides is 1. The molecule has 2 aliphatic heterocycles. The van der Waals surface area contributed by atoms with Gasteiger partial charge in [0.15, 0.2) is 6.29 Å². The summed E-state index contributed by atoms with van der Waals surface area (Å²) in [5, 5.41) is 4.96. The van der Waals surface area contributed by atoms with Crippen LogP contribution in [-0.2, 0) is 23.2 Å². The number of para-hydroxylation sites is 1. The molecule has 2 aromatic heterocycles. The quantitative estimate of drug-likeness (QED) is 0.483. The molecular weight excluding hydrogens is 444 g/mol. The number of hydroxylamine groups is 1. The number of aryl methyl sites for hydroxylation is 1. The van der Waals surface area contributed by atoms with E-state index in [0.29, 0.717) is 35.9 Å². The molecule has 1 amide bonds. The molecule has 0 radical (unpaired) electrons. The van der Waals surface area contributed by atoms with Crippen LogP contribution < -0.4 is 15.7 Å². The van der Waals surface area contributed by atoms with Gasteiger partial charge in [-0.15, -0.1) is 0 Å². The standard InChI is InChI=1S/C26H32N6O3/c1-31-19(10-17-6-2-3-7-23(17)31)13-27-14-20-21-15-32(16-22(20)21)26-28-11-18(12-29-26)25(33)30-35-24-8-4-5-9-34-24/h2-3,6-7,10-12,20-22,24,27H,4-5,8-9,13-16H2,1H3,(H,30,33). The van der Waals surface area contributed by atoms with E-state index in [1.54, 1.807) is 12.4 Å². The summed E-state index contributed by atoms with van der Waals surface area (Å²) < 4.78 is 7.73. The third kappa shape index (κ3) is 4.63. The fourth-order valence-electron chi connectivity index (χ4n) is 5.58. The first-order valence-electron chi connectivity index (χ1n) is 12.6. The van der Waals surface area contributed by atoms with Gasteiger partial charge in [0.1, 0.15) is 0 Å². The second kappa shape index (κ2) is 9.56. The van der Waals surface area contributed by atoms with Crippen molar-refractivity contribution in [3.63, 3.8) is 0 Å². The molecule has 3 aromatic rings. The molecule has 1 saturated carbocycles. The Balaban J connectivity index is 0.950. The maximum Gasteiger partial charge on any atom is 0.278 e. The van der Waals surface area contributed by atoms with E-state index < -0.39 is 0 Å². The molecule has 3 unspecified atom stereocenters. The van der Waals surface area contributed by atoms with Gasteiger partial charge in [0.05, 0.1) is 5.56 Å². The number of aromatic nitrogens is 3. The van der Waals surface area contributed by atoms with E-state index in [1.165, 1.54) is 16.6 Å². The molecule has 3 atom stereocenters. The molecule has 184 valence electrons. The summed E-state index contributed by atoms with van der Waals surface area (Å²) in [5.74, 6) is 2.42. The van der Waals surface area contributed by atoms with Crippen LogP contribution in [-0.4, -0.2) is 53.0 Å². The maximum atomic E-state index is 12.3. The van der Waals surface area contributed by atoms with Crippen LogP contribution in [0.3, 0.4) is 0 Å². The number of anilines is 1. The Morgan fingerprint density at radius 2 is 1.97 bits per heavy atom. The van der Waals surface area contributed by atoms with Crippen molar-refractivity contribution in [2.45, 2.75) is 32.1 Å². The van der Waals surface area contributed by atoms with Crippen molar-refractivity contribution in [2.75, 3.05) is 31.1 Å². The van der Waals surface area contributed by atoms with Gasteiger partial charge in [-0.25, -0.2) is 20.3 Å². The number of fused-ring (bicyclic) bond motifs is 2. The third-order valence-corrected chi connectivity index (χ3v) is 7.71. The van der Waals surface area contributed by atoms with Crippen LogP contribution in [0.15, 0.2) is 42.7 Å². The number of ether oxygens (including phenoxy) is 1. The molecule has 35 heavy (non-hydrogen) atoms. The summed E-state index contributed by atoms with van der Waals surface area (Å²) in [6.45, 7) is 4.53. The lowest BCUT2D eigenvalue weighted by Crippen LogP contribution is -2.33. The largest absolute Gasteiger partial charge is 0.350 e. The van der Waals surface area contributed by atoms with Crippen molar-refractivity contribution in [3.05, 3.63) is 54.0 Å². The van der Waals surface area contributed by atoms with Crippen molar-refractivity contribution < 1.29 is 14.4 Å². The average Bonchev–Trinajstić information content (AvgIpc) is 3.21. The van der Waals surface area contributed by atoms with Crippen molar-refractivity contribution in [2.24, 2.45) is 24.8 Å². The fourth-order valence-corrected chi connectivity index (χ4v) is 5.58. The van der Waals surface area contributed by atoms with Crippen molar-refractivity contribution in [3.8, 4) is 0 Å². The van der Waals surface area contributed by atoms with E-state index in [9.17, 15) is 4.79 Å². The number of carbonyl (C=O) groups excluding carboxylic acids is 1. The smallest absolute Gasteiger partial charge is 0.278 e. The number of piperidine rings is 1. The zero-order chi connectivity index (χ0) is 23.8. The Morgan fingerprint density at radius 3 is 2.71 bits per heavy atom. The van der Waals surface area contributed by atoms with E-state index in [4.69, 9.17) is 9.57 Å². The zero-order valence-electron chi connectivity index (χ0n) is 20.0. The summed E-state index contributed by atoms with van der Waals surface area (Å²) in [5.41, 5.74) is 5.42. The topological polar surface area (TPSA) is 93.5 Å². The molecule has 3 aliphatic rings. The van der Waals surface area contributed by atoms with Gasteiger partial charge < -0.3 is 19.5 Å². The van der Waals surface area contributed by atoms with E-state index in [-0.39, 0.29) is 12.2 Å². The summed E-state index contributed by atoms with van der Waals surface area (Å²) in [6.07, 6.45) is 5.61. The normalized spacial score (nSPS) is 25.6. The van der Waals surface area contributed by atoms with Gasteiger partial charge in [0, 0.05) is 63.3 Å². The van der Waals surface area contributed by atoms with Crippen LogP contribution >= 0.6 is 0 Å². The van der Waals surface area contributed by atoms with Gasteiger partial charge in [0.2, 0.25) is 5.95 Å². The van der Waals surface area contributed by atoms with Crippen molar-refractivity contribution in [1.29, 1.82) is 0 Å². The van der Waals surface area contributed by atoms with Gasteiger partial charge in [0.25, 0.3) is 5.91 Å². The Morgan fingerprint density at radius 1 is 1.17 bits per heavy atom. The first-order valence-corrected chi connectivity index (χ1v) is 12.6. The predicted molar refractivity (Wildman–Crippen MR) is 131 cm³/mol. The fraction of sp³-hybridized carbons (Fsp3) is 0.500. The Kier molecular flexibility index (Phi) is 6.13. The van der Waals surface area contributed by atoms with Crippen LogP contribution in [0.25, 0.3) is 10.9 Å². The highest BCUT2D eigenvalue weighted by Gasteiger charge is 2.55. The molecule has 4 heterocycles. The van der Waals surface area contributed by atoms with Crippen LogP contribution in [0.2, 0.25) is 0 Å². The first-order chi connectivity index (χ1) is 17.2. The second-order valence-corrected chi connectivity index (χ2v) is 9.90. The molecule has 2 N–H and O–H groups in total.